The summed E-state index contributed by atoms with van der Waals surface area (Å²) in [7, 11) is 0. The van der Waals surface area contributed by atoms with Crippen LogP contribution in [0.4, 0.5) is 0 Å². The molecule has 8 heteroatoms. The van der Waals surface area contributed by atoms with Gasteiger partial charge in [-0.2, -0.15) is 0 Å². The van der Waals surface area contributed by atoms with Crippen LogP contribution in [0.25, 0.3) is 0 Å². The summed E-state index contributed by atoms with van der Waals surface area (Å²) in [6.07, 6.45) is 13.7. The van der Waals surface area contributed by atoms with Crippen LogP contribution < -0.4 is 0 Å². The molecule has 1 aliphatic heterocycles. The molecule has 10 unspecified atom stereocenters. The van der Waals surface area contributed by atoms with Crippen molar-refractivity contribution in [3.8, 4) is 0 Å². The smallest absolute Gasteiger partial charge is 0.311 e. The van der Waals surface area contributed by atoms with Gasteiger partial charge in [0.2, 0.25) is 0 Å². The molecule has 8 nitrogen and oxygen atoms in total. The van der Waals surface area contributed by atoms with Crippen molar-refractivity contribution in [3.63, 3.8) is 0 Å². The van der Waals surface area contributed by atoms with Gasteiger partial charge in [-0.1, -0.05) is 81.5 Å². The molecule has 0 spiro atoms. The molecule has 0 saturated heterocycles. The topological polar surface area (TPSA) is 148 Å². The number of ether oxygens (including phenoxy) is 1. The number of aliphatic hydroxyl groups excluding tert-OH is 6. The quantitative estimate of drug-likeness (QED) is 0.265. The van der Waals surface area contributed by atoms with Crippen LogP contribution in [-0.2, 0) is 9.53 Å². The molecule has 40 heavy (non-hydrogen) atoms. The number of allylic oxidation sites excluding steroid dienone is 8. The highest BCUT2D eigenvalue weighted by Gasteiger charge is 2.30. The summed E-state index contributed by atoms with van der Waals surface area (Å²) in [5.74, 6) is -1.80. The second-order valence-electron chi connectivity index (χ2n) is 11.0. The molecule has 0 aromatic carbocycles. The van der Waals surface area contributed by atoms with Crippen LogP contribution in [0.3, 0.4) is 0 Å². The van der Waals surface area contributed by atoms with E-state index in [-0.39, 0.29) is 25.2 Å². The second-order valence-corrected chi connectivity index (χ2v) is 11.0. The molecule has 0 saturated carbocycles. The lowest BCUT2D eigenvalue weighted by molar-refractivity contribution is -0.159. The van der Waals surface area contributed by atoms with Crippen molar-refractivity contribution in [1.29, 1.82) is 0 Å². The van der Waals surface area contributed by atoms with E-state index in [0.29, 0.717) is 25.7 Å². The van der Waals surface area contributed by atoms with Crippen LogP contribution in [0.1, 0.15) is 72.6 Å². The van der Waals surface area contributed by atoms with Crippen molar-refractivity contribution in [2.45, 2.75) is 115 Å². The Morgan fingerprint density at radius 3 is 1.77 bits per heavy atom. The minimum atomic E-state index is -1.05. The van der Waals surface area contributed by atoms with E-state index in [2.05, 4.69) is 0 Å². The summed E-state index contributed by atoms with van der Waals surface area (Å²) < 4.78 is 5.62. The Balaban J connectivity index is 2.94. The summed E-state index contributed by atoms with van der Waals surface area (Å²) in [5, 5.41) is 62.5. The minimum absolute atomic E-state index is 0.0171. The molecule has 1 rings (SSSR count). The van der Waals surface area contributed by atoms with Crippen LogP contribution in [0, 0.1) is 17.8 Å². The Morgan fingerprint density at radius 2 is 1.20 bits per heavy atom. The van der Waals surface area contributed by atoms with E-state index < -0.39 is 60.5 Å². The monoisotopic (exact) mass is 564 g/mol. The van der Waals surface area contributed by atoms with Gasteiger partial charge in [0.15, 0.2) is 0 Å². The fourth-order valence-electron chi connectivity index (χ4n) is 4.51. The first-order valence-electron chi connectivity index (χ1n) is 14.6. The van der Waals surface area contributed by atoms with Gasteiger partial charge in [-0.15, -0.1) is 0 Å². The molecular formula is C32H52O8. The zero-order chi connectivity index (χ0) is 30.1. The second kappa shape index (κ2) is 19.9. The van der Waals surface area contributed by atoms with E-state index in [4.69, 9.17) is 4.74 Å². The van der Waals surface area contributed by atoms with E-state index in [1.165, 1.54) is 0 Å². The van der Waals surface area contributed by atoms with Crippen molar-refractivity contribution >= 4 is 5.97 Å². The molecule has 1 aliphatic rings. The van der Waals surface area contributed by atoms with Gasteiger partial charge in [0, 0.05) is 18.3 Å². The summed E-state index contributed by atoms with van der Waals surface area (Å²) in [6.45, 7) is 7.24. The SMILES string of the molecule is CCC1C(=O)OC(C)C(C)C=CC=CC=CC=CC=CC(O)C(C)C(O)CC(O)CC(O)CCCC(O)CC1O. The Kier molecular flexibility index (Phi) is 17.9. The molecule has 0 amide bonds. The summed E-state index contributed by atoms with van der Waals surface area (Å²) in [5.41, 5.74) is 0. The van der Waals surface area contributed by atoms with Crippen LogP contribution in [0.5, 0.6) is 0 Å². The lowest BCUT2D eigenvalue weighted by Gasteiger charge is -2.26. The zero-order valence-electron chi connectivity index (χ0n) is 24.5. The van der Waals surface area contributed by atoms with Crippen molar-refractivity contribution < 1.29 is 40.2 Å². The van der Waals surface area contributed by atoms with E-state index in [0.717, 1.165) is 0 Å². The third kappa shape index (κ3) is 14.5. The molecule has 228 valence electrons. The Bertz CT molecular complexity index is 848. The van der Waals surface area contributed by atoms with Gasteiger partial charge in [0.25, 0.3) is 0 Å². The van der Waals surface area contributed by atoms with Crippen molar-refractivity contribution in [2.24, 2.45) is 17.8 Å². The average molecular weight is 565 g/mol. The van der Waals surface area contributed by atoms with E-state index >= 15 is 0 Å². The minimum Gasteiger partial charge on any atom is -0.462 e. The molecule has 10 atom stereocenters. The zero-order valence-corrected chi connectivity index (χ0v) is 24.5. The summed E-state index contributed by atoms with van der Waals surface area (Å²) >= 11 is 0. The molecule has 1 heterocycles. The van der Waals surface area contributed by atoms with Crippen LogP contribution in [-0.4, -0.2) is 79.3 Å². The normalized spacial score (nSPS) is 37.0. The molecule has 0 aliphatic carbocycles. The molecule has 0 radical (unpaired) electrons. The molecular weight excluding hydrogens is 512 g/mol. The highest BCUT2D eigenvalue weighted by Crippen LogP contribution is 2.22. The third-order valence-corrected chi connectivity index (χ3v) is 7.54. The fourth-order valence-corrected chi connectivity index (χ4v) is 4.51. The lowest BCUT2D eigenvalue weighted by atomic mass is 9.91. The predicted octanol–water partition coefficient (Wildman–Crippen LogP) is 3.52. The fraction of sp³-hybridized carbons (Fsp3) is 0.656. The molecule has 0 bridgehead atoms. The average Bonchev–Trinajstić information content (AvgIpc) is 2.88. The maximum Gasteiger partial charge on any atom is 0.311 e. The first-order chi connectivity index (χ1) is 19.0. The van der Waals surface area contributed by atoms with Crippen LogP contribution in [0.2, 0.25) is 0 Å². The number of hydrogen-bond acceptors (Lipinski definition) is 8. The number of carbonyl (C=O) groups excluding carboxylic acids is 1. The number of aliphatic hydroxyl groups is 6. The molecule has 0 aromatic rings. The number of esters is 1. The Hall–Kier alpha value is -2.07. The van der Waals surface area contributed by atoms with Gasteiger partial charge in [-0.05, 0) is 45.4 Å². The Labute approximate surface area is 240 Å². The van der Waals surface area contributed by atoms with Crippen molar-refractivity contribution in [1.82, 2.24) is 0 Å². The van der Waals surface area contributed by atoms with E-state index in [9.17, 15) is 35.4 Å². The van der Waals surface area contributed by atoms with Gasteiger partial charge in [0.05, 0.1) is 42.5 Å². The van der Waals surface area contributed by atoms with Crippen molar-refractivity contribution in [2.75, 3.05) is 0 Å². The molecule has 0 fully saturated rings. The molecule has 0 aromatic heterocycles. The lowest BCUT2D eigenvalue weighted by Crippen LogP contribution is -2.35. The first-order valence-corrected chi connectivity index (χ1v) is 14.6. The van der Waals surface area contributed by atoms with Crippen LogP contribution >= 0.6 is 0 Å². The van der Waals surface area contributed by atoms with Gasteiger partial charge in [-0.3, -0.25) is 4.79 Å². The number of cyclic esters (lactones) is 1. The van der Waals surface area contributed by atoms with Gasteiger partial charge in [-0.25, -0.2) is 0 Å². The van der Waals surface area contributed by atoms with Crippen molar-refractivity contribution in [3.05, 3.63) is 60.8 Å². The van der Waals surface area contributed by atoms with Gasteiger partial charge in [0.1, 0.15) is 6.10 Å². The maximum absolute atomic E-state index is 12.7. The maximum atomic E-state index is 12.7. The first kappa shape index (κ1) is 36.0. The molecule has 6 N–H and O–H groups in total. The standard InChI is InChI=1S/C32H52O8/c1-5-28-31(38)20-26(34)17-14-16-25(33)19-27(35)21-30(37)23(3)29(36)18-13-11-9-7-6-8-10-12-15-22(2)24(4)40-32(28)39/h6-13,15,18,22-31,33-38H,5,14,16-17,19-21H2,1-4H3. The number of rotatable bonds is 1. The van der Waals surface area contributed by atoms with E-state index in [1.54, 1.807) is 38.2 Å². The third-order valence-electron chi connectivity index (χ3n) is 7.54. The van der Waals surface area contributed by atoms with Gasteiger partial charge < -0.3 is 35.4 Å². The Morgan fingerprint density at radius 1 is 0.700 bits per heavy atom. The van der Waals surface area contributed by atoms with Crippen LogP contribution in [0.15, 0.2) is 60.8 Å². The number of hydrogen-bond donors (Lipinski definition) is 6. The van der Waals surface area contributed by atoms with E-state index in [1.807, 2.05) is 50.3 Å². The number of carbonyl (C=O) groups is 1. The largest absolute Gasteiger partial charge is 0.462 e. The summed E-state index contributed by atoms with van der Waals surface area (Å²) in [6, 6.07) is 0. The highest BCUT2D eigenvalue weighted by atomic mass is 16.5. The van der Waals surface area contributed by atoms with Gasteiger partial charge >= 0.3 is 5.97 Å². The highest BCUT2D eigenvalue weighted by molar-refractivity contribution is 5.73. The summed E-state index contributed by atoms with van der Waals surface area (Å²) in [4.78, 5) is 12.7. The predicted molar refractivity (Wildman–Crippen MR) is 157 cm³/mol.